The van der Waals surface area contributed by atoms with E-state index in [1.54, 1.807) is 0 Å². The number of nitrogens with two attached hydrogens (primary N) is 1. The molecule has 2 aliphatic rings. The summed E-state index contributed by atoms with van der Waals surface area (Å²) in [6.45, 7) is 3.67. The van der Waals surface area contributed by atoms with Crippen LogP contribution in [-0.2, 0) is 11.2 Å². The van der Waals surface area contributed by atoms with E-state index in [9.17, 15) is 0 Å². The van der Waals surface area contributed by atoms with E-state index >= 15 is 0 Å². The molecule has 3 atom stereocenters. The van der Waals surface area contributed by atoms with Crippen LogP contribution < -0.4 is 11.1 Å². The van der Waals surface area contributed by atoms with E-state index in [4.69, 9.17) is 10.5 Å². The molecule has 100 valence electrons. The molecule has 1 aromatic rings. The van der Waals surface area contributed by atoms with Crippen LogP contribution in [0.1, 0.15) is 38.1 Å². The average molecular weight is 251 g/mol. The Morgan fingerprint density at radius 2 is 2.33 bits per heavy atom. The SMILES string of the molecule is CC1CCC(C2CCNc3nc(CCN)nn32)O1. The lowest BCUT2D eigenvalue weighted by Gasteiger charge is -2.28. The molecule has 1 aromatic heterocycles. The molecular weight excluding hydrogens is 230 g/mol. The number of nitrogens with one attached hydrogen (secondary N) is 1. The molecule has 2 aliphatic heterocycles. The fourth-order valence-electron chi connectivity index (χ4n) is 2.87. The van der Waals surface area contributed by atoms with Gasteiger partial charge in [0, 0.05) is 13.0 Å². The van der Waals surface area contributed by atoms with Crippen molar-refractivity contribution < 1.29 is 4.74 Å². The van der Waals surface area contributed by atoms with Gasteiger partial charge in [0.1, 0.15) is 0 Å². The number of ether oxygens (including phenoxy) is 1. The van der Waals surface area contributed by atoms with E-state index in [1.807, 2.05) is 4.68 Å². The number of hydrogen-bond acceptors (Lipinski definition) is 5. The van der Waals surface area contributed by atoms with Gasteiger partial charge in [0.05, 0.1) is 18.2 Å². The number of fused-ring (bicyclic) bond motifs is 1. The van der Waals surface area contributed by atoms with Crippen LogP contribution in [0, 0.1) is 0 Å². The highest BCUT2D eigenvalue weighted by Gasteiger charge is 2.34. The van der Waals surface area contributed by atoms with Crippen molar-refractivity contribution in [1.82, 2.24) is 14.8 Å². The Kier molecular flexibility index (Phi) is 3.22. The Morgan fingerprint density at radius 1 is 1.44 bits per heavy atom. The van der Waals surface area contributed by atoms with Crippen LogP contribution in [0.15, 0.2) is 0 Å². The molecule has 0 aliphatic carbocycles. The normalized spacial score (nSPS) is 31.1. The molecule has 3 heterocycles. The quantitative estimate of drug-likeness (QED) is 0.827. The summed E-state index contributed by atoms with van der Waals surface area (Å²) < 4.78 is 8.00. The number of nitrogens with zero attached hydrogens (tertiary/aromatic N) is 3. The summed E-state index contributed by atoms with van der Waals surface area (Å²) >= 11 is 0. The summed E-state index contributed by atoms with van der Waals surface area (Å²) in [5.74, 6) is 1.70. The van der Waals surface area contributed by atoms with Crippen LogP contribution in [0.3, 0.4) is 0 Å². The maximum atomic E-state index is 5.99. The Balaban J connectivity index is 1.82. The van der Waals surface area contributed by atoms with Gasteiger partial charge in [-0.25, -0.2) is 4.68 Å². The van der Waals surface area contributed by atoms with Crippen LogP contribution >= 0.6 is 0 Å². The topological polar surface area (TPSA) is 78.0 Å². The second-order valence-electron chi connectivity index (χ2n) is 5.18. The van der Waals surface area contributed by atoms with Gasteiger partial charge >= 0.3 is 0 Å². The predicted octanol–water partition coefficient (Wildman–Crippen LogP) is 0.704. The van der Waals surface area contributed by atoms with E-state index < -0.39 is 0 Å². The third-order valence-electron chi connectivity index (χ3n) is 3.77. The van der Waals surface area contributed by atoms with E-state index in [0.717, 1.165) is 44.0 Å². The molecule has 1 saturated heterocycles. The molecule has 0 saturated carbocycles. The third-order valence-corrected chi connectivity index (χ3v) is 3.77. The largest absolute Gasteiger partial charge is 0.373 e. The van der Waals surface area contributed by atoms with Crippen LogP contribution in [0.4, 0.5) is 5.95 Å². The number of hydrogen-bond donors (Lipinski definition) is 2. The summed E-state index contributed by atoms with van der Waals surface area (Å²) in [6.07, 6.45) is 4.71. The minimum Gasteiger partial charge on any atom is -0.373 e. The highest BCUT2D eigenvalue weighted by molar-refractivity contribution is 5.28. The van der Waals surface area contributed by atoms with Crippen molar-refractivity contribution in [3.05, 3.63) is 5.82 Å². The lowest BCUT2D eigenvalue weighted by Crippen LogP contribution is -2.32. The lowest BCUT2D eigenvalue weighted by molar-refractivity contribution is 0.0171. The van der Waals surface area contributed by atoms with Gasteiger partial charge in [0.2, 0.25) is 5.95 Å². The molecule has 1 fully saturated rings. The maximum Gasteiger partial charge on any atom is 0.221 e. The van der Waals surface area contributed by atoms with Crippen LogP contribution in [0.5, 0.6) is 0 Å². The summed E-state index contributed by atoms with van der Waals surface area (Å²) in [5, 5.41) is 7.87. The van der Waals surface area contributed by atoms with Gasteiger partial charge in [0.15, 0.2) is 5.82 Å². The number of rotatable bonds is 3. The Bertz CT molecular complexity index is 419. The Morgan fingerprint density at radius 3 is 3.06 bits per heavy atom. The van der Waals surface area contributed by atoms with Crippen molar-refractivity contribution in [2.45, 2.75) is 50.9 Å². The maximum absolute atomic E-state index is 5.99. The van der Waals surface area contributed by atoms with Crippen LogP contribution in [0.25, 0.3) is 0 Å². The van der Waals surface area contributed by atoms with Crippen LogP contribution in [-0.4, -0.2) is 40.1 Å². The van der Waals surface area contributed by atoms with Gasteiger partial charge in [0.25, 0.3) is 0 Å². The summed E-state index contributed by atoms with van der Waals surface area (Å²) in [4.78, 5) is 4.49. The molecule has 0 bridgehead atoms. The molecule has 3 unspecified atom stereocenters. The zero-order chi connectivity index (χ0) is 12.5. The van der Waals surface area contributed by atoms with Gasteiger partial charge in [-0.1, -0.05) is 0 Å². The van der Waals surface area contributed by atoms with Crippen molar-refractivity contribution in [1.29, 1.82) is 0 Å². The van der Waals surface area contributed by atoms with E-state index in [0.29, 0.717) is 18.7 Å². The van der Waals surface area contributed by atoms with Gasteiger partial charge < -0.3 is 15.8 Å². The van der Waals surface area contributed by atoms with E-state index in [1.165, 1.54) is 0 Å². The van der Waals surface area contributed by atoms with Gasteiger partial charge in [-0.3, -0.25) is 0 Å². The molecule has 6 heteroatoms. The first-order valence-electron chi connectivity index (χ1n) is 6.82. The summed E-state index contributed by atoms with van der Waals surface area (Å²) in [6, 6.07) is 0.324. The van der Waals surface area contributed by atoms with Crippen molar-refractivity contribution in [3.8, 4) is 0 Å². The zero-order valence-electron chi connectivity index (χ0n) is 10.8. The summed E-state index contributed by atoms with van der Waals surface area (Å²) in [5.41, 5.74) is 5.56. The molecule has 3 rings (SSSR count). The Labute approximate surface area is 107 Å². The monoisotopic (exact) mass is 251 g/mol. The summed E-state index contributed by atoms with van der Waals surface area (Å²) in [7, 11) is 0. The second-order valence-corrected chi connectivity index (χ2v) is 5.18. The first kappa shape index (κ1) is 11.9. The Hall–Kier alpha value is -1.14. The van der Waals surface area contributed by atoms with Gasteiger partial charge in [-0.05, 0) is 32.7 Å². The lowest BCUT2D eigenvalue weighted by atomic mass is 10.0. The van der Waals surface area contributed by atoms with Crippen molar-refractivity contribution in [2.24, 2.45) is 5.73 Å². The highest BCUT2D eigenvalue weighted by Crippen LogP contribution is 2.33. The highest BCUT2D eigenvalue weighted by atomic mass is 16.5. The molecule has 3 N–H and O–H groups in total. The fraction of sp³-hybridized carbons (Fsp3) is 0.833. The first-order valence-corrected chi connectivity index (χ1v) is 6.82. The van der Waals surface area contributed by atoms with E-state index in [2.05, 4.69) is 22.3 Å². The molecule has 0 amide bonds. The molecule has 18 heavy (non-hydrogen) atoms. The number of anilines is 1. The average Bonchev–Trinajstić information content (AvgIpc) is 2.94. The van der Waals surface area contributed by atoms with Crippen molar-refractivity contribution >= 4 is 5.95 Å². The molecule has 0 radical (unpaired) electrons. The smallest absolute Gasteiger partial charge is 0.221 e. The first-order chi connectivity index (χ1) is 8.78. The van der Waals surface area contributed by atoms with Gasteiger partial charge in [-0.15, -0.1) is 0 Å². The second kappa shape index (κ2) is 4.85. The minimum atomic E-state index is 0.285. The molecule has 0 spiro atoms. The van der Waals surface area contributed by atoms with E-state index in [-0.39, 0.29) is 6.10 Å². The zero-order valence-corrected chi connectivity index (χ0v) is 10.8. The standard InChI is InChI=1S/C12H21N5O/c1-8-2-3-10(18-8)9-5-7-14-12-15-11(4-6-13)16-17(9)12/h8-10H,2-7,13H2,1H3,(H,14,15,16). The third kappa shape index (κ3) is 2.10. The fourth-order valence-corrected chi connectivity index (χ4v) is 2.87. The molecular formula is C12H21N5O. The molecule has 6 nitrogen and oxygen atoms in total. The van der Waals surface area contributed by atoms with Gasteiger partial charge in [-0.2, -0.15) is 10.1 Å². The van der Waals surface area contributed by atoms with Crippen molar-refractivity contribution in [2.75, 3.05) is 18.4 Å². The van der Waals surface area contributed by atoms with Crippen molar-refractivity contribution in [3.63, 3.8) is 0 Å². The molecule has 0 aromatic carbocycles. The predicted molar refractivity (Wildman–Crippen MR) is 68.5 cm³/mol. The van der Waals surface area contributed by atoms with Crippen LogP contribution in [0.2, 0.25) is 0 Å². The number of aromatic nitrogens is 3. The minimum absolute atomic E-state index is 0.285.